The van der Waals surface area contributed by atoms with Crippen LogP contribution in [0.3, 0.4) is 0 Å². The maximum absolute atomic E-state index is 12.6. The summed E-state index contributed by atoms with van der Waals surface area (Å²) in [6.07, 6.45) is 6.43. The van der Waals surface area contributed by atoms with Crippen LogP contribution in [0, 0.1) is 12.8 Å². The SMILES string of the molecule is Cc1ccccc1[C@@H]1C[C@@H]1C(=O)NC1CCN(c2ncccn2)CC1. The number of aromatic nitrogens is 2. The minimum atomic E-state index is 0.150. The van der Waals surface area contributed by atoms with Gasteiger partial charge in [-0.25, -0.2) is 9.97 Å². The lowest BCUT2D eigenvalue weighted by Crippen LogP contribution is -2.45. The normalized spacial score (nSPS) is 23.3. The Morgan fingerprint density at radius 2 is 1.84 bits per heavy atom. The van der Waals surface area contributed by atoms with Crippen molar-refractivity contribution in [2.24, 2.45) is 5.92 Å². The first-order valence-electron chi connectivity index (χ1n) is 9.10. The smallest absolute Gasteiger partial charge is 0.225 e. The lowest BCUT2D eigenvalue weighted by Gasteiger charge is -2.32. The molecule has 5 heteroatoms. The summed E-state index contributed by atoms with van der Waals surface area (Å²) in [7, 11) is 0. The van der Waals surface area contributed by atoms with E-state index in [0.29, 0.717) is 5.92 Å². The summed E-state index contributed by atoms with van der Waals surface area (Å²) in [4.78, 5) is 23.4. The second kappa shape index (κ2) is 6.82. The molecule has 1 aromatic heterocycles. The quantitative estimate of drug-likeness (QED) is 0.932. The van der Waals surface area contributed by atoms with E-state index in [4.69, 9.17) is 0 Å². The molecular formula is C20H24N4O. The summed E-state index contributed by atoms with van der Waals surface area (Å²) in [5, 5.41) is 3.27. The van der Waals surface area contributed by atoms with Gasteiger partial charge in [0.05, 0.1) is 0 Å². The minimum absolute atomic E-state index is 0.150. The lowest BCUT2D eigenvalue weighted by molar-refractivity contribution is -0.123. The summed E-state index contributed by atoms with van der Waals surface area (Å²) in [6, 6.07) is 10.5. The Morgan fingerprint density at radius 3 is 2.56 bits per heavy atom. The zero-order chi connectivity index (χ0) is 17.2. The molecule has 1 amide bonds. The van der Waals surface area contributed by atoms with E-state index in [1.54, 1.807) is 12.4 Å². The van der Waals surface area contributed by atoms with Gasteiger partial charge in [-0.15, -0.1) is 0 Å². The zero-order valence-electron chi connectivity index (χ0n) is 14.6. The van der Waals surface area contributed by atoms with Crippen LogP contribution in [0.4, 0.5) is 5.95 Å². The Labute approximate surface area is 148 Å². The van der Waals surface area contributed by atoms with Crippen LogP contribution in [0.5, 0.6) is 0 Å². The molecule has 1 aromatic carbocycles. The number of nitrogens with zero attached hydrogens (tertiary/aromatic N) is 3. The van der Waals surface area contributed by atoms with Crippen LogP contribution in [0.25, 0.3) is 0 Å². The Hall–Kier alpha value is -2.43. The Bertz CT molecular complexity index is 740. The van der Waals surface area contributed by atoms with E-state index in [9.17, 15) is 4.79 Å². The molecule has 130 valence electrons. The fourth-order valence-corrected chi connectivity index (χ4v) is 3.82. The zero-order valence-corrected chi connectivity index (χ0v) is 14.6. The predicted octanol–water partition coefficient (Wildman–Crippen LogP) is 2.67. The van der Waals surface area contributed by atoms with Crippen LogP contribution in [-0.4, -0.2) is 35.0 Å². The summed E-state index contributed by atoms with van der Waals surface area (Å²) in [5.74, 6) is 1.56. The van der Waals surface area contributed by atoms with Gasteiger partial charge in [-0.05, 0) is 49.3 Å². The summed E-state index contributed by atoms with van der Waals surface area (Å²) in [5.41, 5.74) is 2.62. The molecule has 1 saturated carbocycles. The van der Waals surface area contributed by atoms with E-state index in [2.05, 4.69) is 51.4 Å². The maximum Gasteiger partial charge on any atom is 0.225 e. The van der Waals surface area contributed by atoms with Crippen LogP contribution in [0.15, 0.2) is 42.7 Å². The second-order valence-electron chi connectivity index (χ2n) is 7.12. The Balaban J connectivity index is 1.28. The first-order chi connectivity index (χ1) is 12.2. The number of anilines is 1. The third-order valence-corrected chi connectivity index (χ3v) is 5.39. The van der Waals surface area contributed by atoms with Crippen molar-refractivity contribution in [2.45, 2.75) is 38.1 Å². The Kier molecular flexibility index (Phi) is 4.38. The second-order valence-corrected chi connectivity index (χ2v) is 7.12. The molecule has 2 aromatic rings. The number of rotatable bonds is 4. The fraction of sp³-hybridized carbons (Fsp3) is 0.450. The van der Waals surface area contributed by atoms with Gasteiger partial charge in [-0.2, -0.15) is 0 Å². The molecule has 1 aliphatic carbocycles. The molecule has 1 N–H and O–H groups in total. The number of benzene rings is 1. The average Bonchev–Trinajstić information content (AvgIpc) is 3.44. The molecule has 0 spiro atoms. The molecular weight excluding hydrogens is 312 g/mol. The van der Waals surface area contributed by atoms with E-state index in [0.717, 1.165) is 38.3 Å². The van der Waals surface area contributed by atoms with Crippen molar-refractivity contribution in [3.05, 3.63) is 53.9 Å². The molecule has 0 radical (unpaired) electrons. The van der Waals surface area contributed by atoms with Gasteiger partial charge < -0.3 is 10.2 Å². The monoisotopic (exact) mass is 336 g/mol. The first-order valence-corrected chi connectivity index (χ1v) is 9.10. The largest absolute Gasteiger partial charge is 0.353 e. The van der Waals surface area contributed by atoms with Gasteiger partial charge in [0, 0.05) is 37.4 Å². The minimum Gasteiger partial charge on any atom is -0.353 e. The number of aryl methyl sites for hydroxylation is 1. The number of hydrogen-bond acceptors (Lipinski definition) is 4. The molecule has 2 atom stereocenters. The van der Waals surface area contributed by atoms with Gasteiger partial charge in [-0.3, -0.25) is 4.79 Å². The van der Waals surface area contributed by atoms with E-state index in [1.807, 2.05) is 6.07 Å². The van der Waals surface area contributed by atoms with Crippen molar-refractivity contribution in [3.8, 4) is 0 Å². The topological polar surface area (TPSA) is 58.1 Å². The van der Waals surface area contributed by atoms with Gasteiger partial charge in [0.1, 0.15) is 0 Å². The molecule has 2 aliphatic rings. The third kappa shape index (κ3) is 3.50. The Morgan fingerprint density at radius 1 is 1.12 bits per heavy atom. The van der Waals surface area contributed by atoms with Gasteiger partial charge >= 0.3 is 0 Å². The van der Waals surface area contributed by atoms with E-state index in [-0.39, 0.29) is 17.9 Å². The van der Waals surface area contributed by atoms with Gasteiger partial charge in [0.15, 0.2) is 0 Å². The highest BCUT2D eigenvalue weighted by Gasteiger charge is 2.45. The number of amides is 1. The van der Waals surface area contributed by atoms with Gasteiger partial charge in [0.25, 0.3) is 0 Å². The standard InChI is InChI=1S/C20H24N4O/c1-14-5-2-3-6-16(14)17-13-18(17)19(25)23-15-7-11-24(12-8-15)20-21-9-4-10-22-20/h2-6,9-10,15,17-18H,7-8,11-13H2,1H3,(H,23,25)/t17-,18-/m0/s1. The first kappa shape index (κ1) is 16.1. The number of piperidine rings is 1. The number of nitrogens with one attached hydrogen (secondary N) is 1. The van der Waals surface area contributed by atoms with Crippen molar-refractivity contribution in [2.75, 3.05) is 18.0 Å². The van der Waals surface area contributed by atoms with Crippen molar-refractivity contribution in [1.82, 2.24) is 15.3 Å². The molecule has 0 unspecified atom stereocenters. The maximum atomic E-state index is 12.6. The molecule has 5 nitrogen and oxygen atoms in total. The molecule has 2 fully saturated rings. The van der Waals surface area contributed by atoms with Gasteiger partial charge in [0.2, 0.25) is 11.9 Å². The fourth-order valence-electron chi connectivity index (χ4n) is 3.82. The molecule has 2 heterocycles. The third-order valence-electron chi connectivity index (χ3n) is 5.39. The van der Waals surface area contributed by atoms with E-state index < -0.39 is 0 Å². The number of hydrogen-bond donors (Lipinski definition) is 1. The van der Waals surface area contributed by atoms with Crippen LogP contribution in [0.1, 0.15) is 36.3 Å². The number of carbonyl (C=O) groups excluding carboxylic acids is 1. The summed E-state index contributed by atoms with van der Waals surface area (Å²) in [6.45, 7) is 3.91. The lowest BCUT2D eigenvalue weighted by atomic mass is 10.0. The molecule has 1 aliphatic heterocycles. The molecule has 1 saturated heterocycles. The van der Waals surface area contributed by atoms with Crippen molar-refractivity contribution in [3.63, 3.8) is 0 Å². The highest BCUT2D eigenvalue weighted by molar-refractivity contribution is 5.83. The molecule has 0 bridgehead atoms. The average molecular weight is 336 g/mol. The van der Waals surface area contributed by atoms with E-state index in [1.165, 1.54) is 11.1 Å². The predicted molar refractivity (Wildman–Crippen MR) is 97.4 cm³/mol. The van der Waals surface area contributed by atoms with Crippen molar-refractivity contribution >= 4 is 11.9 Å². The van der Waals surface area contributed by atoms with Crippen LogP contribution in [-0.2, 0) is 4.79 Å². The molecule has 4 rings (SSSR count). The van der Waals surface area contributed by atoms with Crippen molar-refractivity contribution < 1.29 is 4.79 Å². The molecule has 25 heavy (non-hydrogen) atoms. The van der Waals surface area contributed by atoms with Crippen LogP contribution >= 0.6 is 0 Å². The van der Waals surface area contributed by atoms with Gasteiger partial charge in [-0.1, -0.05) is 24.3 Å². The summed E-state index contributed by atoms with van der Waals surface area (Å²) >= 11 is 0. The van der Waals surface area contributed by atoms with E-state index >= 15 is 0 Å². The van der Waals surface area contributed by atoms with Crippen molar-refractivity contribution in [1.29, 1.82) is 0 Å². The van der Waals surface area contributed by atoms with Crippen LogP contribution in [0.2, 0.25) is 0 Å². The summed E-state index contributed by atoms with van der Waals surface area (Å²) < 4.78 is 0. The highest BCUT2D eigenvalue weighted by atomic mass is 16.2. The van der Waals surface area contributed by atoms with Crippen LogP contribution < -0.4 is 10.2 Å². The highest BCUT2D eigenvalue weighted by Crippen LogP contribution is 2.48. The number of carbonyl (C=O) groups is 1.